The zero-order chi connectivity index (χ0) is 15.1. The van der Waals surface area contributed by atoms with Gasteiger partial charge < -0.3 is 9.88 Å². The Bertz CT molecular complexity index is 595. The van der Waals surface area contributed by atoms with Crippen molar-refractivity contribution >= 4 is 21.8 Å². The molecule has 1 aromatic heterocycles. The van der Waals surface area contributed by atoms with E-state index in [2.05, 4.69) is 30.8 Å². The van der Waals surface area contributed by atoms with Crippen LogP contribution in [0.2, 0.25) is 0 Å². The van der Waals surface area contributed by atoms with E-state index in [4.69, 9.17) is 0 Å². The fourth-order valence-corrected chi connectivity index (χ4v) is 2.64. The molecule has 0 aliphatic heterocycles. The van der Waals surface area contributed by atoms with E-state index in [1.54, 1.807) is 6.20 Å². The molecule has 1 heterocycles. The van der Waals surface area contributed by atoms with Gasteiger partial charge in [0.25, 0.3) is 0 Å². The molecule has 2 rings (SSSR count). The molecule has 1 N–H and O–H groups in total. The number of benzene rings is 1. The van der Waals surface area contributed by atoms with E-state index in [0.717, 1.165) is 29.7 Å². The standard InChI is InChI=1S/C16H20BrN3O/c1-13-18-10-12-20(13)11-4-9-19-16(21)8-7-14-5-2-3-6-15(14)17/h2-3,5-6,10,12H,4,7-9,11H2,1H3,(H,19,21). The number of imidazole rings is 1. The second kappa shape index (κ2) is 7.98. The molecule has 0 atom stereocenters. The normalized spacial score (nSPS) is 10.6. The molecule has 2 aromatic rings. The van der Waals surface area contributed by atoms with E-state index >= 15 is 0 Å². The van der Waals surface area contributed by atoms with Crippen molar-refractivity contribution < 1.29 is 4.79 Å². The van der Waals surface area contributed by atoms with Gasteiger partial charge in [0.05, 0.1) is 0 Å². The Morgan fingerprint density at radius 3 is 2.90 bits per heavy atom. The highest BCUT2D eigenvalue weighted by Crippen LogP contribution is 2.17. The van der Waals surface area contributed by atoms with Crippen molar-refractivity contribution in [3.63, 3.8) is 0 Å². The summed E-state index contributed by atoms with van der Waals surface area (Å²) < 4.78 is 3.15. The second-order valence-corrected chi connectivity index (χ2v) is 5.82. The van der Waals surface area contributed by atoms with Crippen LogP contribution in [-0.2, 0) is 17.8 Å². The van der Waals surface area contributed by atoms with Crippen LogP contribution < -0.4 is 5.32 Å². The molecule has 0 aliphatic carbocycles. The first kappa shape index (κ1) is 15.8. The summed E-state index contributed by atoms with van der Waals surface area (Å²) >= 11 is 3.50. The van der Waals surface area contributed by atoms with Gasteiger partial charge in [-0.3, -0.25) is 4.79 Å². The van der Waals surface area contributed by atoms with Crippen LogP contribution in [0.1, 0.15) is 24.2 Å². The van der Waals surface area contributed by atoms with Crippen LogP contribution in [0.5, 0.6) is 0 Å². The second-order valence-electron chi connectivity index (χ2n) is 4.96. The highest BCUT2D eigenvalue weighted by atomic mass is 79.9. The monoisotopic (exact) mass is 349 g/mol. The van der Waals surface area contributed by atoms with Crippen LogP contribution >= 0.6 is 15.9 Å². The van der Waals surface area contributed by atoms with Gasteiger partial charge in [0.2, 0.25) is 5.91 Å². The Morgan fingerprint density at radius 1 is 1.38 bits per heavy atom. The van der Waals surface area contributed by atoms with Gasteiger partial charge in [-0.25, -0.2) is 4.98 Å². The fraction of sp³-hybridized carbons (Fsp3) is 0.375. The lowest BCUT2D eigenvalue weighted by Gasteiger charge is -2.08. The number of carbonyl (C=O) groups excluding carboxylic acids is 1. The van der Waals surface area contributed by atoms with Gasteiger partial charge in [-0.15, -0.1) is 0 Å². The molecule has 0 spiro atoms. The zero-order valence-corrected chi connectivity index (χ0v) is 13.8. The molecule has 0 saturated carbocycles. The number of aromatic nitrogens is 2. The Hall–Kier alpha value is -1.62. The molecule has 0 unspecified atom stereocenters. The molecule has 112 valence electrons. The van der Waals surface area contributed by atoms with Gasteiger partial charge in [-0.05, 0) is 31.4 Å². The maximum absolute atomic E-state index is 11.8. The van der Waals surface area contributed by atoms with Gasteiger partial charge in [0.1, 0.15) is 5.82 Å². The maximum atomic E-state index is 11.8. The zero-order valence-electron chi connectivity index (χ0n) is 12.2. The largest absolute Gasteiger partial charge is 0.356 e. The van der Waals surface area contributed by atoms with Crippen molar-refractivity contribution in [3.05, 3.63) is 52.5 Å². The predicted octanol–water partition coefficient (Wildman–Crippen LogP) is 3.09. The van der Waals surface area contributed by atoms with Crippen molar-refractivity contribution in [2.75, 3.05) is 6.54 Å². The quantitative estimate of drug-likeness (QED) is 0.780. The molecule has 0 saturated heterocycles. The summed E-state index contributed by atoms with van der Waals surface area (Å²) in [4.78, 5) is 16.0. The number of amides is 1. The van der Waals surface area contributed by atoms with Crippen molar-refractivity contribution in [2.45, 2.75) is 32.7 Å². The SMILES string of the molecule is Cc1nccn1CCCNC(=O)CCc1ccccc1Br. The van der Waals surface area contributed by atoms with Crippen LogP contribution in [0.4, 0.5) is 0 Å². The first-order chi connectivity index (χ1) is 10.2. The number of nitrogens with one attached hydrogen (secondary N) is 1. The van der Waals surface area contributed by atoms with Gasteiger partial charge >= 0.3 is 0 Å². The third kappa shape index (κ3) is 5.01. The third-order valence-electron chi connectivity index (χ3n) is 3.40. The lowest BCUT2D eigenvalue weighted by molar-refractivity contribution is -0.121. The van der Waals surface area contributed by atoms with Crippen LogP contribution in [0.3, 0.4) is 0 Å². The first-order valence-electron chi connectivity index (χ1n) is 7.14. The van der Waals surface area contributed by atoms with Gasteiger partial charge in [0.15, 0.2) is 0 Å². The van der Waals surface area contributed by atoms with E-state index in [0.29, 0.717) is 13.0 Å². The number of halogens is 1. The number of nitrogens with zero attached hydrogens (tertiary/aromatic N) is 2. The average Bonchev–Trinajstić information content (AvgIpc) is 2.88. The van der Waals surface area contributed by atoms with Crippen molar-refractivity contribution in [1.29, 1.82) is 0 Å². The molecule has 0 bridgehead atoms. The summed E-state index contributed by atoms with van der Waals surface area (Å²) in [5.41, 5.74) is 1.17. The molecular formula is C16H20BrN3O. The Balaban J connectivity index is 1.64. The lowest BCUT2D eigenvalue weighted by Crippen LogP contribution is -2.25. The minimum absolute atomic E-state index is 0.105. The molecule has 0 fully saturated rings. The Kier molecular flexibility index (Phi) is 5.99. The lowest BCUT2D eigenvalue weighted by atomic mass is 10.1. The van der Waals surface area contributed by atoms with E-state index < -0.39 is 0 Å². The highest BCUT2D eigenvalue weighted by Gasteiger charge is 2.04. The van der Waals surface area contributed by atoms with E-state index in [1.807, 2.05) is 37.4 Å². The summed E-state index contributed by atoms with van der Waals surface area (Å²) in [5.74, 6) is 1.11. The topological polar surface area (TPSA) is 46.9 Å². The van der Waals surface area contributed by atoms with Gasteiger partial charge in [-0.2, -0.15) is 0 Å². The van der Waals surface area contributed by atoms with Crippen molar-refractivity contribution in [1.82, 2.24) is 14.9 Å². The third-order valence-corrected chi connectivity index (χ3v) is 4.17. The summed E-state index contributed by atoms with van der Waals surface area (Å²) in [6.45, 7) is 3.57. The highest BCUT2D eigenvalue weighted by molar-refractivity contribution is 9.10. The summed E-state index contributed by atoms with van der Waals surface area (Å²) in [6.07, 6.45) is 5.95. The number of aryl methyl sites for hydroxylation is 3. The van der Waals surface area contributed by atoms with Gasteiger partial charge in [0, 0.05) is 36.4 Å². The molecule has 0 aliphatic rings. The smallest absolute Gasteiger partial charge is 0.220 e. The Labute approximate surface area is 133 Å². The molecule has 4 nitrogen and oxygen atoms in total. The number of hydrogen-bond acceptors (Lipinski definition) is 2. The maximum Gasteiger partial charge on any atom is 0.220 e. The Morgan fingerprint density at radius 2 is 2.19 bits per heavy atom. The van der Waals surface area contributed by atoms with Crippen LogP contribution in [0, 0.1) is 6.92 Å². The first-order valence-corrected chi connectivity index (χ1v) is 7.94. The fourth-order valence-electron chi connectivity index (χ4n) is 2.15. The minimum Gasteiger partial charge on any atom is -0.356 e. The van der Waals surface area contributed by atoms with Crippen LogP contribution in [0.25, 0.3) is 0 Å². The number of carbonyl (C=O) groups is 1. The van der Waals surface area contributed by atoms with E-state index in [-0.39, 0.29) is 5.91 Å². The molecule has 0 radical (unpaired) electrons. The predicted molar refractivity (Wildman–Crippen MR) is 87.1 cm³/mol. The number of rotatable bonds is 7. The summed E-state index contributed by atoms with van der Waals surface area (Å²) in [6, 6.07) is 8.01. The molecule has 21 heavy (non-hydrogen) atoms. The molecule has 1 aromatic carbocycles. The van der Waals surface area contributed by atoms with Crippen molar-refractivity contribution in [2.24, 2.45) is 0 Å². The molecular weight excluding hydrogens is 330 g/mol. The van der Waals surface area contributed by atoms with Crippen LogP contribution in [-0.4, -0.2) is 22.0 Å². The molecule has 1 amide bonds. The average molecular weight is 350 g/mol. The number of hydrogen-bond donors (Lipinski definition) is 1. The van der Waals surface area contributed by atoms with E-state index in [9.17, 15) is 4.79 Å². The summed E-state index contributed by atoms with van der Waals surface area (Å²) in [5, 5.41) is 2.97. The minimum atomic E-state index is 0.105. The van der Waals surface area contributed by atoms with E-state index in [1.165, 1.54) is 5.56 Å². The molecule has 5 heteroatoms. The summed E-state index contributed by atoms with van der Waals surface area (Å²) in [7, 11) is 0. The van der Waals surface area contributed by atoms with Crippen LogP contribution in [0.15, 0.2) is 41.1 Å². The van der Waals surface area contributed by atoms with Crippen molar-refractivity contribution in [3.8, 4) is 0 Å². The van der Waals surface area contributed by atoms with Gasteiger partial charge in [-0.1, -0.05) is 34.1 Å².